The van der Waals surface area contributed by atoms with Crippen LogP contribution in [-0.2, 0) is 4.79 Å². The van der Waals surface area contributed by atoms with Crippen LogP contribution in [0.3, 0.4) is 0 Å². The molecule has 1 aromatic heterocycles. The van der Waals surface area contributed by atoms with Gasteiger partial charge < -0.3 is 24.4 Å². The first-order valence-corrected chi connectivity index (χ1v) is 11.7. The Hall–Kier alpha value is -3.50. The highest BCUT2D eigenvalue weighted by molar-refractivity contribution is 6.34. The molecule has 3 aromatic rings. The maximum Gasteiger partial charge on any atom is 0.255 e. The van der Waals surface area contributed by atoms with E-state index in [-0.39, 0.29) is 40.4 Å². The predicted molar refractivity (Wildman–Crippen MR) is 132 cm³/mol. The third-order valence-electron chi connectivity index (χ3n) is 6.13. The van der Waals surface area contributed by atoms with Gasteiger partial charge in [-0.25, -0.2) is 9.37 Å². The zero-order valence-electron chi connectivity index (χ0n) is 20.1. The fourth-order valence-corrected chi connectivity index (χ4v) is 4.43. The number of nitrogens with one attached hydrogen (secondary N) is 1. The van der Waals surface area contributed by atoms with Gasteiger partial charge in [-0.05, 0) is 44.3 Å². The summed E-state index contributed by atoms with van der Waals surface area (Å²) in [5.41, 5.74) is 1.20. The van der Waals surface area contributed by atoms with E-state index in [1.807, 2.05) is 0 Å². The molecular weight excluding hydrogens is 492 g/mol. The molecule has 0 radical (unpaired) electrons. The molecule has 1 aliphatic heterocycles. The second-order valence-corrected chi connectivity index (χ2v) is 8.76. The van der Waals surface area contributed by atoms with Crippen LogP contribution in [-0.4, -0.2) is 78.0 Å². The Balaban J connectivity index is 1.53. The van der Waals surface area contributed by atoms with Gasteiger partial charge in [0.25, 0.3) is 5.91 Å². The zero-order valence-corrected chi connectivity index (χ0v) is 20.9. The summed E-state index contributed by atoms with van der Waals surface area (Å²) in [6.45, 7) is 3.74. The summed E-state index contributed by atoms with van der Waals surface area (Å²) in [4.78, 5) is 32.9. The second-order valence-electron chi connectivity index (χ2n) is 8.35. The van der Waals surface area contributed by atoms with Crippen molar-refractivity contribution < 1.29 is 23.1 Å². The second kappa shape index (κ2) is 10.6. The monoisotopic (exact) mass is 517 g/mol. The van der Waals surface area contributed by atoms with Crippen molar-refractivity contribution in [2.45, 2.75) is 6.92 Å². The molecule has 0 bridgehead atoms. The molecule has 0 spiro atoms. The van der Waals surface area contributed by atoms with E-state index in [1.165, 1.54) is 19.2 Å². The van der Waals surface area contributed by atoms with Crippen molar-refractivity contribution in [2.75, 3.05) is 46.9 Å². The number of methoxy groups -OCH3 is 1. The van der Waals surface area contributed by atoms with Gasteiger partial charge in [-0.1, -0.05) is 11.6 Å². The molecule has 0 unspecified atom stereocenters. The lowest BCUT2D eigenvalue weighted by atomic mass is 10.1. The number of imidazole rings is 1. The van der Waals surface area contributed by atoms with Gasteiger partial charge >= 0.3 is 0 Å². The zero-order chi connectivity index (χ0) is 26.0. The summed E-state index contributed by atoms with van der Waals surface area (Å²) >= 11 is 6.49. The van der Waals surface area contributed by atoms with Crippen LogP contribution in [0, 0.1) is 18.6 Å². The molecular formula is C25H26ClF2N5O3. The van der Waals surface area contributed by atoms with Gasteiger partial charge in [-0.15, -0.1) is 0 Å². The van der Waals surface area contributed by atoms with Crippen LogP contribution >= 0.6 is 11.6 Å². The molecule has 190 valence electrons. The molecule has 8 nitrogen and oxygen atoms in total. The van der Waals surface area contributed by atoms with E-state index in [4.69, 9.17) is 16.3 Å². The lowest BCUT2D eigenvalue weighted by Gasteiger charge is -2.35. The van der Waals surface area contributed by atoms with Gasteiger partial charge in [0.1, 0.15) is 5.82 Å². The molecule has 1 saturated heterocycles. The summed E-state index contributed by atoms with van der Waals surface area (Å²) in [7, 11) is 2.98. The van der Waals surface area contributed by atoms with Crippen LogP contribution in [0.15, 0.2) is 36.5 Å². The molecule has 2 amide bonds. The Morgan fingerprint density at radius 2 is 1.78 bits per heavy atom. The van der Waals surface area contributed by atoms with Gasteiger partial charge in [-0.2, -0.15) is 4.39 Å². The quantitative estimate of drug-likeness (QED) is 0.543. The molecule has 0 aliphatic carbocycles. The molecule has 36 heavy (non-hydrogen) atoms. The van der Waals surface area contributed by atoms with Gasteiger partial charge in [0.15, 0.2) is 11.6 Å². The molecule has 0 atom stereocenters. The molecule has 11 heteroatoms. The summed E-state index contributed by atoms with van der Waals surface area (Å²) < 4.78 is 35.3. The molecule has 4 rings (SSSR count). The third-order valence-corrected chi connectivity index (χ3v) is 6.45. The largest absolute Gasteiger partial charge is 0.494 e. The topological polar surface area (TPSA) is 79.7 Å². The van der Waals surface area contributed by atoms with Crippen molar-refractivity contribution in [1.29, 1.82) is 0 Å². The van der Waals surface area contributed by atoms with E-state index in [1.54, 1.807) is 52.7 Å². The Morgan fingerprint density at radius 3 is 2.42 bits per heavy atom. The van der Waals surface area contributed by atoms with Gasteiger partial charge in [0, 0.05) is 43.6 Å². The van der Waals surface area contributed by atoms with Gasteiger partial charge in [0.05, 0.1) is 29.9 Å². The Bertz CT molecular complexity index is 1310. The highest BCUT2D eigenvalue weighted by Gasteiger charge is 2.26. The highest BCUT2D eigenvalue weighted by atomic mass is 35.5. The first kappa shape index (κ1) is 25.6. The number of carbonyl (C=O) groups is 2. The van der Waals surface area contributed by atoms with Crippen molar-refractivity contribution in [1.82, 2.24) is 24.7 Å². The van der Waals surface area contributed by atoms with E-state index in [2.05, 4.69) is 10.3 Å². The molecule has 2 heterocycles. The molecule has 0 saturated carbocycles. The summed E-state index contributed by atoms with van der Waals surface area (Å²) in [6.07, 6.45) is 1.58. The van der Waals surface area contributed by atoms with Gasteiger partial charge in [0.2, 0.25) is 11.7 Å². The normalized spacial score (nSPS) is 13.7. The molecule has 1 aliphatic rings. The third kappa shape index (κ3) is 4.91. The number of halogens is 3. The van der Waals surface area contributed by atoms with Crippen LogP contribution in [0.2, 0.25) is 5.02 Å². The smallest absolute Gasteiger partial charge is 0.255 e. The summed E-state index contributed by atoms with van der Waals surface area (Å²) in [6, 6.07) is 7.73. The van der Waals surface area contributed by atoms with Crippen molar-refractivity contribution >= 4 is 23.4 Å². The van der Waals surface area contributed by atoms with Crippen LogP contribution in [0.5, 0.6) is 5.75 Å². The Labute approximate surface area is 212 Å². The molecule has 2 aromatic carbocycles. The standard InChI is InChI=1S/C25H26ClF2N5O3/c1-15-30-20(18-6-7-21(36-3)24(28)23(18)27)14-33(15)16-4-5-17(19(26)12-16)25(35)32-10-8-31(9-11-32)22(34)13-29-2/h4-7,12,14,29H,8-11,13H2,1-3H3. The number of aromatic nitrogens is 2. The number of amides is 2. The lowest BCUT2D eigenvalue weighted by molar-refractivity contribution is -0.131. The van der Waals surface area contributed by atoms with Crippen LogP contribution < -0.4 is 10.1 Å². The first-order chi connectivity index (χ1) is 17.2. The van der Waals surface area contributed by atoms with E-state index in [0.29, 0.717) is 43.3 Å². The lowest BCUT2D eigenvalue weighted by Crippen LogP contribution is -2.52. The minimum atomic E-state index is -1.08. The predicted octanol–water partition coefficient (Wildman–Crippen LogP) is 3.29. The number of aryl methyl sites for hydroxylation is 1. The number of likely N-dealkylation sites (N-methyl/N-ethyl adjacent to an activating group) is 1. The van der Waals surface area contributed by atoms with E-state index in [9.17, 15) is 18.4 Å². The molecule has 1 fully saturated rings. The maximum absolute atomic E-state index is 14.6. The molecule has 1 N–H and O–H groups in total. The van der Waals surface area contributed by atoms with E-state index in [0.717, 1.165) is 0 Å². The van der Waals surface area contributed by atoms with Crippen molar-refractivity contribution in [3.8, 4) is 22.7 Å². The van der Waals surface area contributed by atoms with Gasteiger partial charge in [-0.3, -0.25) is 9.59 Å². The fraction of sp³-hybridized carbons (Fsp3) is 0.320. The van der Waals surface area contributed by atoms with Crippen molar-refractivity contribution in [3.63, 3.8) is 0 Å². The number of ether oxygens (including phenoxy) is 1. The number of nitrogens with zero attached hydrogens (tertiary/aromatic N) is 4. The SMILES string of the molecule is CNCC(=O)N1CCN(C(=O)c2ccc(-n3cc(-c4ccc(OC)c(F)c4F)nc3C)cc2Cl)CC1. The summed E-state index contributed by atoms with van der Waals surface area (Å²) in [5, 5.41) is 3.09. The summed E-state index contributed by atoms with van der Waals surface area (Å²) in [5.74, 6) is -2.01. The van der Waals surface area contributed by atoms with E-state index >= 15 is 0 Å². The minimum absolute atomic E-state index is 0.000358. The van der Waals surface area contributed by atoms with Crippen LogP contribution in [0.25, 0.3) is 16.9 Å². The number of rotatable bonds is 6. The number of carbonyl (C=O) groups excluding carboxylic acids is 2. The van der Waals surface area contributed by atoms with Crippen molar-refractivity contribution in [2.24, 2.45) is 0 Å². The Morgan fingerprint density at radius 1 is 1.08 bits per heavy atom. The number of benzene rings is 2. The van der Waals surface area contributed by atoms with E-state index < -0.39 is 11.6 Å². The maximum atomic E-state index is 14.6. The number of hydrogen-bond donors (Lipinski definition) is 1. The van der Waals surface area contributed by atoms with Crippen molar-refractivity contribution in [3.05, 3.63) is 64.6 Å². The minimum Gasteiger partial charge on any atom is -0.494 e. The van der Waals surface area contributed by atoms with Crippen LogP contribution in [0.4, 0.5) is 8.78 Å². The van der Waals surface area contributed by atoms with Crippen LogP contribution in [0.1, 0.15) is 16.2 Å². The number of hydrogen-bond acceptors (Lipinski definition) is 5. The first-order valence-electron chi connectivity index (χ1n) is 11.3. The highest BCUT2D eigenvalue weighted by Crippen LogP contribution is 2.31. The number of piperazine rings is 1. The average Bonchev–Trinajstić information content (AvgIpc) is 3.26. The fourth-order valence-electron chi connectivity index (χ4n) is 4.17. The Kier molecular flexibility index (Phi) is 7.56. The average molecular weight is 518 g/mol.